The maximum atomic E-state index is 12.2. The Balaban J connectivity index is 2.50. The van der Waals surface area contributed by atoms with E-state index in [0.29, 0.717) is 0 Å². The number of carboxylic acid groups (broad SMARTS) is 1. The number of hydrogen-bond donors (Lipinski definition) is 3. The first-order chi connectivity index (χ1) is 8.10. The molecule has 5 nitrogen and oxygen atoms in total. The summed E-state index contributed by atoms with van der Waals surface area (Å²) in [5, 5.41) is 14.6. The maximum absolute atomic E-state index is 12.2. The summed E-state index contributed by atoms with van der Waals surface area (Å²) < 4.78 is 0. The van der Waals surface area contributed by atoms with Gasteiger partial charge in [-0.1, -0.05) is 13.3 Å². The van der Waals surface area contributed by atoms with Gasteiger partial charge in [-0.05, 0) is 32.4 Å². The fourth-order valence-corrected chi connectivity index (χ4v) is 2.44. The van der Waals surface area contributed by atoms with Crippen molar-refractivity contribution in [3.05, 3.63) is 0 Å². The van der Waals surface area contributed by atoms with Gasteiger partial charge in [0.05, 0.1) is 11.8 Å². The lowest BCUT2D eigenvalue weighted by atomic mass is 9.74. The molecule has 1 aliphatic heterocycles. The number of amides is 1. The molecule has 0 aliphatic carbocycles. The van der Waals surface area contributed by atoms with Gasteiger partial charge in [0.25, 0.3) is 0 Å². The molecule has 0 aromatic rings. The number of hydrogen-bond acceptors (Lipinski definition) is 3. The molecule has 1 fully saturated rings. The Bertz CT molecular complexity index is 267. The average Bonchev–Trinajstić information content (AvgIpc) is 2.30. The van der Waals surface area contributed by atoms with Crippen LogP contribution in [0.2, 0.25) is 0 Å². The predicted octanol–water partition coefficient (Wildman–Crippen LogP) is 0.747. The Morgan fingerprint density at radius 2 is 2.00 bits per heavy atom. The van der Waals surface area contributed by atoms with Crippen molar-refractivity contribution in [1.82, 2.24) is 10.6 Å². The minimum atomic E-state index is -0.875. The smallest absolute Gasteiger partial charge is 0.305 e. The van der Waals surface area contributed by atoms with Crippen LogP contribution in [0.4, 0.5) is 0 Å². The molecule has 0 aromatic carbocycles. The standard InChI is InChI=1S/C12H22N2O3/c1-2-4-12(5-8-13-9-6-12)11(17)14-7-3-10(15)16/h13H,2-9H2,1H3,(H,14,17)(H,15,16). The highest BCUT2D eigenvalue weighted by molar-refractivity contribution is 5.83. The fourth-order valence-electron chi connectivity index (χ4n) is 2.44. The third-order valence-electron chi connectivity index (χ3n) is 3.40. The highest BCUT2D eigenvalue weighted by Gasteiger charge is 2.38. The molecule has 0 radical (unpaired) electrons. The highest BCUT2D eigenvalue weighted by Crippen LogP contribution is 2.34. The van der Waals surface area contributed by atoms with E-state index in [1.165, 1.54) is 0 Å². The first-order valence-electron chi connectivity index (χ1n) is 6.31. The van der Waals surface area contributed by atoms with Crippen molar-refractivity contribution < 1.29 is 14.7 Å². The number of rotatable bonds is 6. The second kappa shape index (κ2) is 6.59. The molecule has 1 amide bonds. The molecule has 1 aliphatic rings. The number of nitrogens with one attached hydrogen (secondary N) is 2. The first-order valence-corrected chi connectivity index (χ1v) is 6.31. The number of carbonyl (C=O) groups excluding carboxylic acids is 1. The maximum Gasteiger partial charge on any atom is 0.305 e. The van der Waals surface area contributed by atoms with E-state index in [0.717, 1.165) is 38.8 Å². The summed E-state index contributed by atoms with van der Waals surface area (Å²) in [5.41, 5.74) is -0.279. The Labute approximate surface area is 102 Å². The molecule has 3 N–H and O–H groups in total. The van der Waals surface area contributed by atoms with Gasteiger partial charge in [0, 0.05) is 6.54 Å². The van der Waals surface area contributed by atoms with E-state index in [2.05, 4.69) is 17.6 Å². The lowest BCUT2D eigenvalue weighted by Crippen LogP contribution is -2.48. The molecule has 0 saturated carbocycles. The largest absolute Gasteiger partial charge is 0.481 e. The molecule has 0 bridgehead atoms. The molecule has 98 valence electrons. The first kappa shape index (κ1) is 14.0. The van der Waals surface area contributed by atoms with Crippen LogP contribution in [-0.2, 0) is 9.59 Å². The molecular weight excluding hydrogens is 220 g/mol. The van der Waals surface area contributed by atoms with Gasteiger partial charge in [0.2, 0.25) is 5.91 Å². The number of carbonyl (C=O) groups is 2. The van der Waals surface area contributed by atoms with Crippen molar-refractivity contribution >= 4 is 11.9 Å². The molecule has 5 heteroatoms. The third-order valence-corrected chi connectivity index (χ3v) is 3.40. The summed E-state index contributed by atoms with van der Waals surface area (Å²) in [6, 6.07) is 0. The van der Waals surface area contributed by atoms with Crippen molar-refractivity contribution in [3.8, 4) is 0 Å². The Morgan fingerprint density at radius 1 is 1.35 bits per heavy atom. The van der Waals surface area contributed by atoms with Crippen LogP contribution in [0.1, 0.15) is 39.0 Å². The zero-order valence-electron chi connectivity index (χ0n) is 10.4. The van der Waals surface area contributed by atoms with Crippen molar-refractivity contribution in [2.24, 2.45) is 5.41 Å². The summed E-state index contributed by atoms with van der Waals surface area (Å²) in [7, 11) is 0. The van der Waals surface area contributed by atoms with Crippen molar-refractivity contribution in [2.75, 3.05) is 19.6 Å². The Hall–Kier alpha value is -1.10. The number of aliphatic carboxylic acids is 1. The lowest BCUT2D eigenvalue weighted by molar-refractivity contribution is -0.137. The van der Waals surface area contributed by atoms with Crippen LogP contribution in [0.3, 0.4) is 0 Å². The van der Waals surface area contributed by atoms with Gasteiger partial charge in [0.15, 0.2) is 0 Å². The Kier molecular flexibility index (Phi) is 5.41. The Morgan fingerprint density at radius 3 is 2.53 bits per heavy atom. The summed E-state index contributed by atoms with van der Waals surface area (Å²) in [6.45, 7) is 4.04. The van der Waals surface area contributed by atoms with Crippen LogP contribution in [0, 0.1) is 5.41 Å². The highest BCUT2D eigenvalue weighted by atomic mass is 16.4. The van der Waals surface area contributed by atoms with E-state index in [1.807, 2.05) is 0 Å². The molecule has 17 heavy (non-hydrogen) atoms. The third kappa shape index (κ3) is 4.00. The second-order valence-electron chi connectivity index (χ2n) is 4.68. The van der Waals surface area contributed by atoms with E-state index in [9.17, 15) is 9.59 Å². The van der Waals surface area contributed by atoms with E-state index in [1.54, 1.807) is 0 Å². The van der Waals surface area contributed by atoms with Crippen LogP contribution in [-0.4, -0.2) is 36.6 Å². The summed E-state index contributed by atoms with van der Waals surface area (Å²) in [6.07, 6.45) is 3.55. The lowest BCUT2D eigenvalue weighted by Gasteiger charge is -2.36. The van der Waals surface area contributed by atoms with Gasteiger partial charge < -0.3 is 15.7 Å². The molecule has 1 saturated heterocycles. The van der Waals surface area contributed by atoms with Gasteiger partial charge in [-0.15, -0.1) is 0 Å². The van der Waals surface area contributed by atoms with Crippen LogP contribution in [0.15, 0.2) is 0 Å². The average molecular weight is 242 g/mol. The van der Waals surface area contributed by atoms with Crippen molar-refractivity contribution in [3.63, 3.8) is 0 Å². The van der Waals surface area contributed by atoms with E-state index >= 15 is 0 Å². The number of carboxylic acids is 1. The molecule has 1 rings (SSSR count). The topological polar surface area (TPSA) is 78.4 Å². The van der Waals surface area contributed by atoms with Crippen LogP contribution in [0.5, 0.6) is 0 Å². The van der Waals surface area contributed by atoms with Crippen molar-refractivity contribution in [1.29, 1.82) is 0 Å². The molecule has 0 atom stereocenters. The quantitative estimate of drug-likeness (QED) is 0.642. The normalized spacial score (nSPS) is 18.6. The van der Waals surface area contributed by atoms with Crippen molar-refractivity contribution in [2.45, 2.75) is 39.0 Å². The second-order valence-corrected chi connectivity index (χ2v) is 4.68. The van der Waals surface area contributed by atoms with Gasteiger partial charge in [0.1, 0.15) is 0 Å². The van der Waals surface area contributed by atoms with Gasteiger partial charge in [-0.3, -0.25) is 9.59 Å². The zero-order chi connectivity index (χ0) is 12.7. The van der Waals surface area contributed by atoms with Crippen LogP contribution in [0.25, 0.3) is 0 Å². The zero-order valence-corrected chi connectivity index (χ0v) is 10.4. The molecule has 0 spiro atoms. The fraction of sp³-hybridized carbons (Fsp3) is 0.833. The van der Waals surface area contributed by atoms with Crippen LogP contribution < -0.4 is 10.6 Å². The minimum absolute atomic E-state index is 0.00774. The SMILES string of the molecule is CCCC1(C(=O)NCCC(=O)O)CCNCC1. The van der Waals surface area contributed by atoms with Gasteiger partial charge >= 0.3 is 5.97 Å². The molecular formula is C12H22N2O3. The number of piperidine rings is 1. The van der Waals surface area contributed by atoms with Crippen LogP contribution >= 0.6 is 0 Å². The molecule has 1 heterocycles. The van der Waals surface area contributed by atoms with E-state index < -0.39 is 5.97 Å². The predicted molar refractivity (Wildman–Crippen MR) is 64.7 cm³/mol. The van der Waals surface area contributed by atoms with Gasteiger partial charge in [-0.25, -0.2) is 0 Å². The minimum Gasteiger partial charge on any atom is -0.481 e. The van der Waals surface area contributed by atoms with E-state index in [4.69, 9.17) is 5.11 Å². The molecule has 0 aromatic heterocycles. The van der Waals surface area contributed by atoms with Gasteiger partial charge in [-0.2, -0.15) is 0 Å². The molecule has 0 unspecified atom stereocenters. The summed E-state index contributed by atoms with van der Waals surface area (Å²) in [4.78, 5) is 22.6. The monoisotopic (exact) mass is 242 g/mol. The summed E-state index contributed by atoms with van der Waals surface area (Å²) >= 11 is 0. The summed E-state index contributed by atoms with van der Waals surface area (Å²) in [5.74, 6) is -0.845. The van der Waals surface area contributed by atoms with E-state index in [-0.39, 0.29) is 24.3 Å².